The second-order valence-electron chi connectivity index (χ2n) is 3.73. The Hall–Kier alpha value is -1.13. The fourth-order valence-corrected chi connectivity index (χ4v) is 2.61. The minimum absolute atomic E-state index is 0.187. The van der Waals surface area contributed by atoms with Gasteiger partial charge in [-0.25, -0.2) is 0 Å². The van der Waals surface area contributed by atoms with E-state index in [0.29, 0.717) is 5.56 Å². The summed E-state index contributed by atoms with van der Waals surface area (Å²) in [4.78, 5) is 0.187. The van der Waals surface area contributed by atoms with Crippen LogP contribution in [0.1, 0.15) is 31.7 Å². The third-order valence-corrected chi connectivity index (χ3v) is 3.78. The summed E-state index contributed by atoms with van der Waals surface area (Å²) in [7, 11) is -3.65. The van der Waals surface area contributed by atoms with Crippen LogP contribution >= 0.6 is 0 Å². The smallest absolute Gasteiger partial charge is 0.266 e. The van der Waals surface area contributed by atoms with Crippen LogP contribution in [0.2, 0.25) is 0 Å². The second-order valence-corrected chi connectivity index (χ2v) is 5.31. The summed E-state index contributed by atoms with van der Waals surface area (Å²) in [6.07, 6.45) is 4.28. The quantitative estimate of drug-likeness (QED) is 0.554. The minimum Gasteiger partial charge on any atom is -0.266 e. The van der Waals surface area contributed by atoms with Gasteiger partial charge in [0.2, 0.25) is 0 Å². The van der Waals surface area contributed by atoms with Gasteiger partial charge in [0.25, 0.3) is 10.1 Å². The van der Waals surface area contributed by atoms with Crippen LogP contribution < -0.4 is 0 Å². The highest BCUT2D eigenvalue weighted by Gasteiger charge is 2.17. The number of unbranched alkanes of at least 4 members (excludes halogenated alkanes) is 2. The summed E-state index contributed by atoms with van der Waals surface area (Å²) in [5.74, 6) is 0. The predicted octanol–water partition coefficient (Wildman–Crippen LogP) is 3.23. The van der Waals surface area contributed by atoms with Crippen LogP contribution in [-0.4, -0.2) is 15.0 Å². The molecule has 0 amide bonds. The number of benzene rings is 1. The summed E-state index contributed by atoms with van der Waals surface area (Å²) in [5.41, 5.74) is 0.572. The monoisotopic (exact) mass is 254 g/mol. The zero-order valence-corrected chi connectivity index (χ0v) is 10.9. The third-order valence-electron chi connectivity index (χ3n) is 2.39. The number of rotatable bonds is 7. The first-order valence-corrected chi connectivity index (χ1v) is 7.13. The van der Waals surface area contributed by atoms with E-state index in [9.17, 15) is 8.42 Å². The van der Waals surface area contributed by atoms with Crippen LogP contribution in [0, 0.1) is 0 Å². The van der Waals surface area contributed by atoms with Crippen molar-refractivity contribution in [2.45, 2.75) is 31.1 Å². The zero-order valence-electron chi connectivity index (χ0n) is 10.1. The van der Waals surface area contributed by atoms with Gasteiger partial charge < -0.3 is 0 Å². The Morgan fingerprint density at radius 1 is 1.29 bits per heavy atom. The maximum absolute atomic E-state index is 11.9. The molecule has 4 heteroatoms. The highest BCUT2D eigenvalue weighted by atomic mass is 32.2. The average Bonchev–Trinajstić information content (AvgIpc) is 2.34. The molecule has 0 saturated heterocycles. The molecule has 0 fully saturated rings. The van der Waals surface area contributed by atoms with Gasteiger partial charge in [-0.3, -0.25) is 4.18 Å². The molecule has 3 nitrogen and oxygen atoms in total. The van der Waals surface area contributed by atoms with Gasteiger partial charge in [-0.15, -0.1) is 0 Å². The van der Waals surface area contributed by atoms with E-state index in [4.69, 9.17) is 4.18 Å². The Balaban J connectivity index is 2.79. The fraction of sp³-hybridized carbons (Fsp3) is 0.385. The molecule has 0 bridgehead atoms. The molecule has 17 heavy (non-hydrogen) atoms. The van der Waals surface area contributed by atoms with E-state index in [1.54, 1.807) is 18.2 Å². The van der Waals surface area contributed by atoms with E-state index in [0.717, 1.165) is 19.3 Å². The molecular formula is C13H18O3S. The van der Waals surface area contributed by atoms with Gasteiger partial charge >= 0.3 is 0 Å². The van der Waals surface area contributed by atoms with E-state index < -0.39 is 10.1 Å². The van der Waals surface area contributed by atoms with E-state index in [-0.39, 0.29) is 11.5 Å². The lowest BCUT2D eigenvalue weighted by atomic mass is 10.2. The van der Waals surface area contributed by atoms with Crippen LogP contribution in [0.15, 0.2) is 35.7 Å². The molecule has 0 N–H and O–H groups in total. The fourth-order valence-electron chi connectivity index (χ4n) is 1.46. The van der Waals surface area contributed by atoms with Crippen molar-refractivity contribution in [1.82, 2.24) is 0 Å². The molecule has 0 aliphatic heterocycles. The molecule has 1 aromatic carbocycles. The predicted molar refractivity (Wildman–Crippen MR) is 69.2 cm³/mol. The van der Waals surface area contributed by atoms with Crippen molar-refractivity contribution in [3.05, 3.63) is 36.4 Å². The van der Waals surface area contributed by atoms with E-state index in [1.165, 1.54) is 12.1 Å². The first-order chi connectivity index (χ1) is 8.11. The van der Waals surface area contributed by atoms with Gasteiger partial charge in [0.15, 0.2) is 0 Å². The van der Waals surface area contributed by atoms with Gasteiger partial charge in [-0.2, -0.15) is 8.42 Å². The Labute approximate surface area is 103 Å². The third kappa shape index (κ3) is 3.98. The van der Waals surface area contributed by atoms with Gasteiger partial charge in [0.05, 0.1) is 6.61 Å². The van der Waals surface area contributed by atoms with Crippen molar-refractivity contribution < 1.29 is 12.6 Å². The lowest BCUT2D eigenvalue weighted by Gasteiger charge is -2.07. The molecule has 0 saturated carbocycles. The molecule has 0 spiro atoms. The summed E-state index contributed by atoms with van der Waals surface area (Å²) >= 11 is 0. The van der Waals surface area contributed by atoms with E-state index >= 15 is 0 Å². The first kappa shape index (κ1) is 13.9. The van der Waals surface area contributed by atoms with Crippen LogP contribution in [0.25, 0.3) is 6.08 Å². The van der Waals surface area contributed by atoms with E-state index in [1.807, 2.05) is 0 Å². The van der Waals surface area contributed by atoms with Gasteiger partial charge in [0.1, 0.15) is 4.90 Å². The molecule has 0 atom stereocenters. The lowest BCUT2D eigenvalue weighted by molar-refractivity contribution is 0.308. The summed E-state index contributed by atoms with van der Waals surface area (Å²) in [6, 6.07) is 6.68. The average molecular weight is 254 g/mol. The molecule has 1 rings (SSSR count). The Bertz CT molecular complexity index is 463. The number of hydrogen-bond acceptors (Lipinski definition) is 3. The van der Waals surface area contributed by atoms with Crippen molar-refractivity contribution >= 4 is 16.2 Å². The Morgan fingerprint density at radius 3 is 2.65 bits per heavy atom. The Kier molecular flexibility index (Phi) is 5.38. The maximum atomic E-state index is 11.9. The van der Waals surface area contributed by atoms with Gasteiger partial charge in [0, 0.05) is 0 Å². The van der Waals surface area contributed by atoms with Crippen LogP contribution in [0.5, 0.6) is 0 Å². The van der Waals surface area contributed by atoms with Crippen LogP contribution in [0.3, 0.4) is 0 Å². The lowest BCUT2D eigenvalue weighted by Crippen LogP contribution is -2.09. The normalized spacial score (nSPS) is 11.4. The molecule has 1 aromatic rings. The molecular weight excluding hydrogens is 236 g/mol. The summed E-state index contributed by atoms with van der Waals surface area (Å²) < 4.78 is 28.8. The Morgan fingerprint density at radius 2 is 2.00 bits per heavy atom. The summed E-state index contributed by atoms with van der Waals surface area (Å²) in [5, 5.41) is 0. The van der Waals surface area contributed by atoms with Crippen molar-refractivity contribution in [2.75, 3.05) is 6.61 Å². The van der Waals surface area contributed by atoms with Gasteiger partial charge in [-0.05, 0) is 18.1 Å². The molecule has 0 aliphatic rings. The molecule has 0 radical (unpaired) electrons. The molecule has 0 aliphatic carbocycles. The highest BCUT2D eigenvalue weighted by Crippen LogP contribution is 2.19. The highest BCUT2D eigenvalue weighted by molar-refractivity contribution is 7.86. The van der Waals surface area contributed by atoms with Crippen molar-refractivity contribution in [1.29, 1.82) is 0 Å². The van der Waals surface area contributed by atoms with Crippen molar-refractivity contribution in [3.63, 3.8) is 0 Å². The number of hydrogen-bond donors (Lipinski definition) is 0. The maximum Gasteiger partial charge on any atom is 0.297 e. The van der Waals surface area contributed by atoms with Crippen molar-refractivity contribution in [2.24, 2.45) is 0 Å². The van der Waals surface area contributed by atoms with E-state index in [2.05, 4.69) is 13.5 Å². The minimum atomic E-state index is -3.65. The molecule has 0 heterocycles. The topological polar surface area (TPSA) is 43.4 Å². The molecule has 94 valence electrons. The SMILES string of the molecule is C=Cc1ccccc1S(=O)(=O)OCCCCC. The molecule has 0 unspecified atom stereocenters. The summed E-state index contributed by atoms with van der Waals surface area (Å²) in [6.45, 7) is 5.89. The van der Waals surface area contributed by atoms with Crippen LogP contribution in [0.4, 0.5) is 0 Å². The molecule has 0 aromatic heterocycles. The van der Waals surface area contributed by atoms with Gasteiger partial charge in [-0.1, -0.05) is 50.6 Å². The standard InChI is InChI=1S/C13H18O3S/c1-3-5-8-11-16-17(14,15)13-10-7-6-9-12(13)4-2/h4,6-7,9-10H,2-3,5,8,11H2,1H3. The zero-order chi connectivity index (χ0) is 12.7. The second kappa shape index (κ2) is 6.57. The van der Waals surface area contributed by atoms with Crippen molar-refractivity contribution in [3.8, 4) is 0 Å². The largest absolute Gasteiger partial charge is 0.297 e. The van der Waals surface area contributed by atoms with Crippen LogP contribution in [-0.2, 0) is 14.3 Å². The first-order valence-electron chi connectivity index (χ1n) is 5.72.